The first-order valence-corrected chi connectivity index (χ1v) is 8.03. The van der Waals surface area contributed by atoms with Crippen LogP contribution >= 0.6 is 0 Å². The molecule has 1 fully saturated rings. The molecule has 1 saturated heterocycles. The van der Waals surface area contributed by atoms with E-state index in [1.54, 1.807) is 0 Å². The normalized spacial score (nSPS) is 23.8. The maximum Gasteiger partial charge on any atom is 0.0145 e. The lowest BCUT2D eigenvalue weighted by Gasteiger charge is -2.53. The fraction of sp³-hybridized carbons (Fsp3) is 1.00. The molecule has 19 heavy (non-hydrogen) atoms. The molecule has 0 aliphatic carbocycles. The molecule has 0 saturated carbocycles. The molecule has 1 heterocycles. The van der Waals surface area contributed by atoms with Crippen LogP contribution in [0.2, 0.25) is 0 Å². The average molecular weight is 268 g/mol. The minimum absolute atomic E-state index is 0.238. The summed E-state index contributed by atoms with van der Waals surface area (Å²) < 4.78 is 0. The largest absolute Gasteiger partial charge is 0.307 e. The predicted octanol–water partition coefficient (Wildman–Crippen LogP) is 4.20. The number of hydrogen-bond donors (Lipinski definition) is 1. The van der Waals surface area contributed by atoms with Crippen LogP contribution in [0.5, 0.6) is 0 Å². The Morgan fingerprint density at radius 3 is 1.89 bits per heavy atom. The van der Waals surface area contributed by atoms with Gasteiger partial charge in [-0.1, -0.05) is 13.3 Å². The second-order valence-corrected chi connectivity index (χ2v) is 8.67. The standard InChI is InChI=1S/C17H36N2/c1-9-10-11-19(15(2,3)4)14-12-16(5,6)18-17(7,8)13-14/h14,18H,9-13H2,1-8H3. The van der Waals surface area contributed by atoms with Crippen molar-refractivity contribution in [3.63, 3.8) is 0 Å². The number of unbranched alkanes of at least 4 members (excludes halogenated alkanes) is 1. The van der Waals surface area contributed by atoms with Crippen LogP contribution in [0.4, 0.5) is 0 Å². The monoisotopic (exact) mass is 268 g/mol. The van der Waals surface area contributed by atoms with Crippen molar-refractivity contribution in [2.24, 2.45) is 0 Å². The summed E-state index contributed by atoms with van der Waals surface area (Å²) in [6, 6.07) is 0.692. The highest BCUT2D eigenvalue weighted by molar-refractivity contribution is 5.01. The maximum atomic E-state index is 3.80. The number of rotatable bonds is 4. The molecular weight excluding hydrogens is 232 g/mol. The summed E-state index contributed by atoms with van der Waals surface area (Å²) in [5.74, 6) is 0. The second-order valence-electron chi connectivity index (χ2n) is 8.67. The molecule has 0 spiro atoms. The Morgan fingerprint density at radius 2 is 1.53 bits per heavy atom. The van der Waals surface area contributed by atoms with Crippen LogP contribution in [0.1, 0.15) is 81.1 Å². The lowest BCUT2D eigenvalue weighted by Crippen LogP contribution is -2.64. The van der Waals surface area contributed by atoms with Gasteiger partial charge in [-0.25, -0.2) is 0 Å². The van der Waals surface area contributed by atoms with Crippen molar-refractivity contribution in [3.05, 3.63) is 0 Å². The molecule has 0 atom stereocenters. The molecule has 2 heteroatoms. The molecule has 0 aromatic heterocycles. The zero-order valence-corrected chi connectivity index (χ0v) is 14.6. The summed E-state index contributed by atoms with van der Waals surface area (Å²) in [6.07, 6.45) is 5.08. The van der Waals surface area contributed by atoms with E-state index in [1.807, 2.05) is 0 Å². The molecule has 1 aliphatic rings. The lowest BCUT2D eigenvalue weighted by atomic mass is 9.78. The van der Waals surface area contributed by atoms with Crippen LogP contribution in [-0.2, 0) is 0 Å². The Hall–Kier alpha value is -0.0800. The van der Waals surface area contributed by atoms with E-state index in [2.05, 4.69) is 65.6 Å². The maximum absolute atomic E-state index is 3.80. The summed E-state index contributed by atoms with van der Waals surface area (Å²) in [5, 5.41) is 3.80. The van der Waals surface area contributed by atoms with Gasteiger partial charge >= 0.3 is 0 Å². The van der Waals surface area contributed by atoms with Crippen LogP contribution in [0.25, 0.3) is 0 Å². The Balaban J connectivity index is 2.89. The topological polar surface area (TPSA) is 15.3 Å². The first-order chi connectivity index (χ1) is 8.47. The quantitative estimate of drug-likeness (QED) is 0.822. The minimum atomic E-state index is 0.238. The molecule has 0 unspecified atom stereocenters. The van der Waals surface area contributed by atoms with E-state index in [-0.39, 0.29) is 16.6 Å². The van der Waals surface area contributed by atoms with Gasteiger partial charge in [0.25, 0.3) is 0 Å². The third-order valence-electron chi connectivity index (χ3n) is 4.22. The highest BCUT2D eigenvalue weighted by Gasteiger charge is 2.41. The third kappa shape index (κ3) is 5.07. The molecular formula is C17H36N2. The van der Waals surface area contributed by atoms with E-state index in [4.69, 9.17) is 0 Å². The Kier molecular flexibility index (Phi) is 5.12. The zero-order chi connectivity index (χ0) is 14.9. The zero-order valence-electron chi connectivity index (χ0n) is 14.6. The van der Waals surface area contributed by atoms with E-state index in [0.29, 0.717) is 6.04 Å². The third-order valence-corrected chi connectivity index (χ3v) is 4.22. The van der Waals surface area contributed by atoms with E-state index in [9.17, 15) is 0 Å². The number of piperidine rings is 1. The second kappa shape index (κ2) is 5.73. The van der Waals surface area contributed by atoms with E-state index in [0.717, 1.165) is 0 Å². The van der Waals surface area contributed by atoms with Crippen LogP contribution < -0.4 is 5.32 Å². The molecule has 1 N–H and O–H groups in total. The van der Waals surface area contributed by atoms with Gasteiger partial charge in [0, 0.05) is 22.7 Å². The van der Waals surface area contributed by atoms with Crippen LogP contribution in [0, 0.1) is 0 Å². The van der Waals surface area contributed by atoms with Crippen molar-refractivity contribution < 1.29 is 0 Å². The van der Waals surface area contributed by atoms with Gasteiger partial charge in [0.05, 0.1) is 0 Å². The summed E-state index contributed by atoms with van der Waals surface area (Å²) in [7, 11) is 0. The Labute approximate surface area is 121 Å². The van der Waals surface area contributed by atoms with Crippen molar-refractivity contribution in [2.45, 2.75) is 104 Å². The molecule has 0 amide bonds. The van der Waals surface area contributed by atoms with Crippen molar-refractivity contribution in [2.75, 3.05) is 6.54 Å². The number of nitrogens with zero attached hydrogens (tertiary/aromatic N) is 1. The highest BCUT2D eigenvalue weighted by Crippen LogP contribution is 2.34. The van der Waals surface area contributed by atoms with Gasteiger partial charge in [-0.05, 0) is 74.3 Å². The van der Waals surface area contributed by atoms with Crippen LogP contribution in [0.3, 0.4) is 0 Å². The summed E-state index contributed by atoms with van der Waals surface area (Å²) in [5.41, 5.74) is 0.744. The summed E-state index contributed by atoms with van der Waals surface area (Å²) in [4.78, 5) is 2.75. The van der Waals surface area contributed by atoms with Crippen molar-refractivity contribution >= 4 is 0 Å². The Bertz CT molecular complexity index is 270. The first-order valence-electron chi connectivity index (χ1n) is 8.03. The van der Waals surface area contributed by atoms with Crippen LogP contribution in [0.15, 0.2) is 0 Å². The minimum Gasteiger partial charge on any atom is -0.307 e. The van der Waals surface area contributed by atoms with Crippen LogP contribution in [-0.4, -0.2) is 34.1 Å². The van der Waals surface area contributed by atoms with Gasteiger partial charge in [-0.15, -0.1) is 0 Å². The van der Waals surface area contributed by atoms with Gasteiger partial charge in [-0.3, -0.25) is 4.90 Å². The molecule has 0 bridgehead atoms. The van der Waals surface area contributed by atoms with E-state index >= 15 is 0 Å². The molecule has 0 aromatic carbocycles. The molecule has 0 radical (unpaired) electrons. The highest BCUT2D eigenvalue weighted by atomic mass is 15.2. The molecule has 2 nitrogen and oxygen atoms in total. The summed E-state index contributed by atoms with van der Waals surface area (Å²) in [6.45, 7) is 20.0. The number of hydrogen-bond acceptors (Lipinski definition) is 2. The van der Waals surface area contributed by atoms with Gasteiger partial charge in [0.1, 0.15) is 0 Å². The smallest absolute Gasteiger partial charge is 0.0145 e. The molecule has 114 valence electrons. The van der Waals surface area contributed by atoms with Crippen molar-refractivity contribution in [1.29, 1.82) is 0 Å². The SMILES string of the molecule is CCCCN(C1CC(C)(C)NC(C)(C)C1)C(C)(C)C. The van der Waals surface area contributed by atoms with E-state index in [1.165, 1.54) is 32.2 Å². The lowest BCUT2D eigenvalue weighted by molar-refractivity contribution is 0.0114. The van der Waals surface area contributed by atoms with E-state index < -0.39 is 0 Å². The molecule has 1 aliphatic heterocycles. The Morgan fingerprint density at radius 1 is 1.05 bits per heavy atom. The van der Waals surface area contributed by atoms with Gasteiger partial charge < -0.3 is 5.32 Å². The summed E-state index contributed by atoms with van der Waals surface area (Å²) >= 11 is 0. The van der Waals surface area contributed by atoms with Crippen molar-refractivity contribution in [1.82, 2.24) is 10.2 Å². The van der Waals surface area contributed by atoms with Gasteiger partial charge in [-0.2, -0.15) is 0 Å². The molecule has 0 aromatic rings. The molecule has 1 rings (SSSR count). The van der Waals surface area contributed by atoms with Crippen molar-refractivity contribution in [3.8, 4) is 0 Å². The average Bonchev–Trinajstić information content (AvgIpc) is 2.10. The fourth-order valence-corrected chi connectivity index (χ4v) is 3.88. The van der Waals surface area contributed by atoms with Gasteiger partial charge in [0.2, 0.25) is 0 Å². The first kappa shape index (κ1) is 17.0. The number of nitrogens with one attached hydrogen (secondary N) is 1. The van der Waals surface area contributed by atoms with Gasteiger partial charge in [0.15, 0.2) is 0 Å². The fourth-order valence-electron chi connectivity index (χ4n) is 3.88. The predicted molar refractivity (Wildman–Crippen MR) is 85.7 cm³/mol.